The van der Waals surface area contributed by atoms with E-state index >= 15 is 0 Å². The number of aromatic nitrogens is 7. The van der Waals surface area contributed by atoms with E-state index in [1.165, 1.54) is 6.33 Å². The summed E-state index contributed by atoms with van der Waals surface area (Å²) in [5.74, 6) is 2.87. The molecule has 0 N–H and O–H groups in total. The summed E-state index contributed by atoms with van der Waals surface area (Å²) in [5.41, 5.74) is 1.96. The molecule has 1 aliphatic carbocycles. The van der Waals surface area contributed by atoms with Crippen molar-refractivity contribution in [3.63, 3.8) is 0 Å². The van der Waals surface area contributed by atoms with Crippen LogP contribution in [0.5, 0.6) is 0 Å². The second-order valence-corrected chi connectivity index (χ2v) is 6.63. The number of hydrogen-bond acceptors (Lipinski definition) is 5. The summed E-state index contributed by atoms with van der Waals surface area (Å²) in [5, 5.41) is 9.57. The van der Waals surface area contributed by atoms with Gasteiger partial charge in [0.15, 0.2) is 5.82 Å². The van der Waals surface area contributed by atoms with Gasteiger partial charge in [-0.3, -0.25) is 0 Å². The van der Waals surface area contributed by atoms with Crippen LogP contribution in [-0.2, 0) is 6.42 Å². The molecule has 5 rings (SSSR count). The maximum atomic E-state index is 6.01. The molecular weight excluding hydrogens is 338 g/mol. The maximum Gasteiger partial charge on any atom is 0.252 e. The largest absolute Gasteiger partial charge is 0.252 e. The van der Waals surface area contributed by atoms with E-state index in [4.69, 9.17) is 21.7 Å². The van der Waals surface area contributed by atoms with Gasteiger partial charge >= 0.3 is 0 Å². The van der Waals surface area contributed by atoms with Crippen LogP contribution in [0.2, 0.25) is 5.02 Å². The Morgan fingerprint density at radius 2 is 1.96 bits per heavy atom. The van der Waals surface area contributed by atoms with Gasteiger partial charge in [0.1, 0.15) is 12.2 Å². The molecule has 0 unspecified atom stereocenters. The first-order chi connectivity index (χ1) is 12.3. The molecule has 0 bridgehead atoms. The zero-order chi connectivity index (χ0) is 16.8. The second-order valence-electron chi connectivity index (χ2n) is 6.19. The fourth-order valence-electron chi connectivity index (χ4n) is 2.81. The highest BCUT2D eigenvalue weighted by Gasteiger charge is 2.29. The van der Waals surface area contributed by atoms with Crippen molar-refractivity contribution in [2.24, 2.45) is 0 Å². The Hall–Kier alpha value is -2.80. The Morgan fingerprint density at radius 3 is 2.76 bits per heavy atom. The van der Waals surface area contributed by atoms with Gasteiger partial charge in [-0.25, -0.2) is 19.2 Å². The predicted octanol–water partition coefficient (Wildman–Crippen LogP) is 2.83. The fraction of sp³-hybridized carbons (Fsp3) is 0.235. The molecule has 0 amide bonds. The minimum absolute atomic E-state index is 0.489. The van der Waals surface area contributed by atoms with Crippen molar-refractivity contribution in [1.29, 1.82) is 0 Å². The number of benzene rings is 1. The molecule has 3 heterocycles. The van der Waals surface area contributed by atoms with E-state index in [2.05, 4.69) is 15.1 Å². The summed E-state index contributed by atoms with van der Waals surface area (Å²) in [6.45, 7) is 0. The number of nitrogens with zero attached hydrogens (tertiary/aromatic N) is 7. The van der Waals surface area contributed by atoms with Gasteiger partial charge in [-0.15, -0.1) is 0 Å². The zero-order valence-corrected chi connectivity index (χ0v) is 14.0. The van der Waals surface area contributed by atoms with Crippen LogP contribution in [0.3, 0.4) is 0 Å². The molecule has 0 saturated heterocycles. The summed E-state index contributed by atoms with van der Waals surface area (Å²) >= 11 is 6.01. The molecule has 1 aliphatic rings. The lowest BCUT2D eigenvalue weighted by molar-refractivity contribution is 0.793. The molecule has 3 aromatic heterocycles. The Labute approximate surface area is 148 Å². The minimum atomic E-state index is 0.489. The molecule has 0 atom stereocenters. The third kappa shape index (κ3) is 2.76. The monoisotopic (exact) mass is 351 g/mol. The standard InChI is InChI=1S/C17H14ClN7/c18-13-3-5-14(6-4-13)25-15(22-16(23-25)12-1-2-12)7-11-8-19-17-20-10-21-24(17)9-11/h3-6,8-10,12H,1-2,7H2. The predicted molar refractivity (Wildman–Crippen MR) is 91.9 cm³/mol. The summed E-state index contributed by atoms with van der Waals surface area (Å²) in [6, 6.07) is 7.64. The van der Waals surface area contributed by atoms with Gasteiger partial charge in [-0.1, -0.05) is 11.6 Å². The summed E-state index contributed by atoms with van der Waals surface area (Å²) in [4.78, 5) is 13.2. The molecule has 4 aromatic rings. The summed E-state index contributed by atoms with van der Waals surface area (Å²) in [6.07, 6.45) is 8.17. The first kappa shape index (κ1) is 14.5. The zero-order valence-electron chi connectivity index (χ0n) is 13.2. The number of fused-ring (bicyclic) bond motifs is 1. The number of halogens is 1. The number of rotatable bonds is 4. The lowest BCUT2D eigenvalue weighted by Gasteiger charge is -2.06. The van der Waals surface area contributed by atoms with Gasteiger partial charge in [0.25, 0.3) is 5.78 Å². The van der Waals surface area contributed by atoms with Gasteiger partial charge in [0, 0.05) is 29.8 Å². The molecule has 7 nitrogen and oxygen atoms in total. The van der Waals surface area contributed by atoms with Crippen LogP contribution in [0, 0.1) is 0 Å². The molecule has 25 heavy (non-hydrogen) atoms. The van der Waals surface area contributed by atoms with Crippen molar-refractivity contribution < 1.29 is 0 Å². The van der Waals surface area contributed by atoms with Crippen LogP contribution in [0.25, 0.3) is 11.5 Å². The minimum Gasteiger partial charge on any atom is -0.219 e. The molecular formula is C17H14ClN7. The lowest BCUT2D eigenvalue weighted by Crippen LogP contribution is -2.05. The van der Waals surface area contributed by atoms with Crippen molar-refractivity contribution in [3.8, 4) is 5.69 Å². The van der Waals surface area contributed by atoms with Crippen LogP contribution < -0.4 is 0 Å². The van der Waals surface area contributed by atoms with Gasteiger partial charge in [-0.05, 0) is 42.7 Å². The molecule has 8 heteroatoms. The van der Waals surface area contributed by atoms with Crippen molar-refractivity contribution in [2.45, 2.75) is 25.2 Å². The third-order valence-electron chi connectivity index (χ3n) is 4.25. The topological polar surface area (TPSA) is 73.8 Å². The molecule has 0 aliphatic heterocycles. The van der Waals surface area contributed by atoms with E-state index in [1.807, 2.05) is 41.3 Å². The van der Waals surface area contributed by atoms with Crippen LogP contribution in [0.4, 0.5) is 0 Å². The molecule has 1 saturated carbocycles. The highest BCUT2D eigenvalue weighted by atomic mass is 35.5. The molecule has 1 aromatic carbocycles. The highest BCUT2D eigenvalue weighted by molar-refractivity contribution is 6.30. The van der Waals surface area contributed by atoms with E-state index < -0.39 is 0 Å². The van der Waals surface area contributed by atoms with Crippen molar-refractivity contribution in [2.75, 3.05) is 0 Å². The van der Waals surface area contributed by atoms with Crippen molar-refractivity contribution in [1.82, 2.24) is 34.3 Å². The smallest absolute Gasteiger partial charge is 0.219 e. The van der Waals surface area contributed by atoms with Crippen LogP contribution >= 0.6 is 11.6 Å². The second kappa shape index (κ2) is 5.63. The van der Waals surface area contributed by atoms with Crippen LogP contribution in [0.1, 0.15) is 36.0 Å². The van der Waals surface area contributed by atoms with Gasteiger partial charge < -0.3 is 0 Å². The van der Waals surface area contributed by atoms with Gasteiger partial charge in [0.05, 0.1) is 5.69 Å². The maximum absolute atomic E-state index is 6.01. The Morgan fingerprint density at radius 1 is 1.12 bits per heavy atom. The van der Waals surface area contributed by atoms with E-state index in [1.54, 1.807) is 4.52 Å². The van der Waals surface area contributed by atoms with Crippen molar-refractivity contribution in [3.05, 3.63) is 65.2 Å². The van der Waals surface area contributed by atoms with Crippen LogP contribution in [0.15, 0.2) is 43.0 Å². The van der Waals surface area contributed by atoms with E-state index in [-0.39, 0.29) is 0 Å². The average Bonchev–Trinajstić information content (AvgIpc) is 3.22. The van der Waals surface area contributed by atoms with Gasteiger partial charge in [-0.2, -0.15) is 15.2 Å². The van der Waals surface area contributed by atoms with E-state index in [9.17, 15) is 0 Å². The molecule has 1 fully saturated rings. The first-order valence-electron chi connectivity index (χ1n) is 8.12. The van der Waals surface area contributed by atoms with E-state index in [0.717, 1.165) is 35.7 Å². The molecule has 0 spiro atoms. The quantitative estimate of drug-likeness (QED) is 0.565. The fourth-order valence-corrected chi connectivity index (χ4v) is 2.94. The first-order valence-corrected chi connectivity index (χ1v) is 8.50. The summed E-state index contributed by atoms with van der Waals surface area (Å²) < 4.78 is 3.57. The Balaban J connectivity index is 1.55. The Kier molecular flexibility index (Phi) is 3.27. The van der Waals surface area contributed by atoms with Crippen LogP contribution in [-0.4, -0.2) is 34.3 Å². The molecule has 124 valence electrons. The van der Waals surface area contributed by atoms with E-state index in [0.29, 0.717) is 23.1 Å². The van der Waals surface area contributed by atoms with Crippen molar-refractivity contribution >= 4 is 17.4 Å². The average molecular weight is 352 g/mol. The molecule has 0 radical (unpaired) electrons. The third-order valence-corrected chi connectivity index (χ3v) is 4.51. The lowest BCUT2D eigenvalue weighted by atomic mass is 10.2. The highest BCUT2D eigenvalue weighted by Crippen LogP contribution is 2.38. The Bertz CT molecular complexity index is 1050. The number of hydrogen-bond donors (Lipinski definition) is 0. The normalized spacial score (nSPS) is 14.3. The SMILES string of the molecule is Clc1ccc(-n2nc(C3CC3)nc2Cc2cnc3ncnn3c2)cc1. The summed E-state index contributed by atoms with van der Waals surface area (Å²) in [7, 11) is 0. The van der Waals surface area contributed by atoms with Gasteiger partial charge in [0.2, 0.25) is 0 Å².